The number of hydrogen-bond donors (Lipinski definition) is 2. The van der Waals surface area contributed by atoms with Crippen molar-refractivity contribution in [3.8, 4) is 0 Å². The number of aliphatic imine (C=N–C) groups is 1. The number of guanidine groups is 1. The van der Waals surface area contributed by atoms with Crippen LogP contribution in [0.3, 0.4) is 0 Å². The van der Waals surface area contributed by atoms with Crippen LogP contribution in [-0.4, -0.2) is 42.4 Å². The lowest BCUT2D eigenvalue weighted by Crippen LogP contribution is -2.50. The molecule has 2 aromatic carbocycles. The molecule has 6 heteroatoms. The molecular formula is C23H33IN4O. The Labute approximate surface area is 191 Å². The molecule has 1 fully saturated rings. The van der Waals surface area contributed by atoms with Gasteiger partial charge in [-0.1, -0.05) is 56.3 Å². The smallest absolute Gasteiger partial charge is 0.225 e. The van der Waals surface area contributed by atoms with Crippen molar-refractivity contribution in [3.05, 3.63) is 48.0 Å². The van der Waals surface area contributed by atoms with Crippen LogP contribution >= 0.6 is 24.0 Å². The summed E-state index contributed by atoms with van der Waals surface area (Å²) in [7, 11) is 0. The van der Waals surface area contributed by atoms with Crippen molar-refractivity contribution in [2.24, 2.45) is 10.9 Å². The lowest BCUT2D eigenvalue weighted by Gasteiger charge is -2.34. The number of rotatable bonds is 5. The van der Waals surface area contributed by atoms with Gasteiger partial charge in [-0.25, -0.2) is 4.99 Å². The summed E-state index contributed by atoms with van der Waals surface area (Å²) in [5, 5.41) is 9.42. The van der Waals surface area contributed by atoms with Crippen molar-refractivity contribution in [1.82, 2.24) is 15.5 Å². The fourth-order valence-corrected chi connectivity index (χ4v) is 3.72. The van der Waals surface area contributed by atoms with Gasteiger partial charge in [0.15, 0.2) is 5.96 Å². The number of piperidine rings is 1. The molecular weight excluding hydrogens is 475 g/mol. The second-order valence-corrected chi connectivity index (χ2v) is 7.73. The van der Waals surface area contributed by atoms with Crippen molar-refractivity contribution in [2.45, 2.75) is 46.2 Å². The predicted molar refractivity (Wildman–Crippen MR) is 132 cm³/mol. The van der Waals surface area contributed by atoms with Crippen LogP contribution < -0.4 is 10.6 Å². The van der Waals surface area contributed by atoms with Gasteiger partial charge in [-0.3, -0.25) is 4.79 Å². The number of nitrogens with zero attached hydrogens (tertiary/aromatic N) is 2. The summed E-state index contributed by atoms with van der Waals surface area (Å²) in [6, 6.07) is 15.2. The summed E-state index contributed by atoms with van der Waals surface area (Å²) in [6.07, 6.45) is 1.91. The number of halogens is 1. The first-order valence-electron chi connectivity index (χ1n) is 10.4. The highest BCUT2D eigenvalue weighted by molar-refractivity contribution is 14.0. The van der Waals surface area contributed by atoms with Crippen LogP contribution in [0, 0.1) is 5.92 Å². The van der Waals surface area contributed by atoms with Gasteiger partial charge >= 0.3 is 0 Å². The summed E-state index contributed by atoms with van der Waals surface area (Å²) < 4.78 is 0. The van der Waals surface area contributed by atoms with Crippen LogP contribution in [0.2, 0.25) is 0 Å². The molecule has 0 bridgehead atoms. The Morgan fingerprint density at radius 1 is 1.14 bits per heavy atom. The third kappa shape index (κ3) is 6.32. The molecule has 0 aromatic heterocycles. The van der Waals surface area contributed by atoms with Crippen LogP contribution in [0.5, 0.6) is 0 Å². The van der Waals surface area contributed by atoms with Crippen molar-refractivity contribution in [2.75, 3.05) is 19.6 Å². The van der Waals surface area contributed by atoms with Gasteiger partial charge in [0.1, 0.15) is 0 Å². The fraction of sp³-hybridized carbons (Fsp3) is 0.478. The van der Waals surface area contributed by atoms with E-state index in [1.54, 1.807) is 0 Å². The standard InChI is InChI=1S/C23H32N4O.HI/c1-4-24-23(26-20-12-14-27(15-13-20)22(28)17(2)3)25-16-19-10-7-9-18-8-5-6-11-21(18)19;/h5-11,17,20H,4,12-16H2,1-3H3,(H2,24,25,26);1H. The van der Waals surface area contributed by atoms with Crippen LogP contribution in [0.15, 0.2) is 47.5 Å². The van der Waals surface area contributed by atoms with E-state index in [9.17, 15) is 4.79 Å². The first-order valence-corrected chi connectivity index (χ1v) is 10.4. The molecule has 1 amide bonds. The maximum atomic E-state index is 12.2. The highest BCUT2D eigenvalue weighted by Gasteiger charge is 2.24. The Hall–Kier alpha value is -1.83. The quantitative estimate of drug-likeness (QED) is 0.363. The van der Waals surface area contributed by atoms with Gasteiger partial charge in [0, 0.05) is 31.6 Å². The number of amides is 1. The number of hydrogen-bond acceptors (Lipinski definition) is 2. The van der Waals surface area contributed by atoms with Crippen LogP contribution in [0.25, 0.3) is 10.8 Å². The van der Waals surface area contributed by atoms with Gasteiger partial charge in [0.25, 0.3) is 0 Å². The van der Waals surface area contributed by atoms with E-state index in [0.717, 1.165) is 38.4 Å². The first kappa shape index (κ1) is 23.4. The van der Waals surface area contributed by atoms with Crippen molar-refractivity contribution in [3.63, 3.8) is 0 Å². The lowest BCUT2D eigenvalue weighted by molar-refractivity contribution is -0.135. The Morgan fingerprint density at radius 2 is 1.83 bits per heavy atom. The highest BCUT2D eigenvalue weighted by Crippen LogP contribution is 2.19. The highest BCUT2D eigenvalue weighted by atomic mass is 127. The molecule has 0 unspecified atom stereocenters. The third-order valence-electron chi connectivity index (χ3n) is 5.27. The van der Waals surface area contributed by atoms with Crippen LogP contribution in [0.1, 0.15) is 39.2 Å². The maximum Gasteiger partial charge on any atom is 0.225 e. The Kier molecular flexibility index (Phi) is 9.20. The number of benzene rings is 2. The molecule has 1 heterocycles. The largest absolute Gasteiger partial charge is 0.357 e. The zero-order valence-corrected chi connectivity index (χ0v) is 20.0. The average molecular weight is 508 g/mol. The van der Waals surface area contributed by atoms with E-state index in [0.29, 0.717) is 12.6 Å². The number of fused-ring (bicyclic) bond motifs is 1. The average Bonchev–Trinajstić information content (AvgIpc) is 2.72. The van der Waals surface area contributed by atoms with Gasteiger partial charge in [-0.15, -0.1) is 24.0 Å². The topological polar surface area (TPSA) is 56.7 Å². The number of likely N-dealkylation sites (tertiary alicyclic amines) is 1. The molecule has 5 nitrogen and oxygen atoms in total. The van der Waals surface area contributed by atoms with Crippen LogP contribution in [-0.2, 0) is 11.3 Å². The lowest BCUT2D eigenvalue weighted by atomic mass is 10.0. The normalized spacial score (nSPS) is 15.3. The number of carbonyl (C=O) groups is 1. The van der Waals surface area contributed by atoms with Gasteiger partial charge in [-0.05, 0) is 36.1 Å². The molecule has 0 radical (unpaired) electrons. The molecule has 1 aliphatic rings. The Balaban J connectivity index is 0.00000300. The van der Waals surface area contributed by atoms with Gasteiger partial charge in [0.2, 0.25) is 5.91 Å². The Morgan fingerprint density at radius 3 is 2.52 bits per heavy atom. The summed E-state index contributed by atoms with van der Waals surface area (Å²) >= 11 is 0. The number of nitrogens with one attached hydrogen (secondary N) is 2. The minimum Gasteiger partial charge on any atom is -0.357 e. The second kappa shape index (κ2) is 11.4. The van der Waals surface area contributed by atoms with E-state index in [2.05, 4.69) is 60.0 Å². The van der Waals surface area contributed by atoms with E-state index in [-0.39, 0.29) is 35.8 Å². The molecule has 1 saturated heterocycles. The van der Waals surface area contributed by atoms with Gasteiger partial charge in [-0.2, -0.15) is 0 Å². The first-order chi connectivity index (χ1) is 13.6. The molecule has 0 saturated carbocycles. The second-order valence-electron chi connectivity index (χ2n) is 7.73. The SMILES string of the molecule is CCNC(=NCc1cccc2ccccc12)NC1CCN(C(=O)C(C)C)CC1.I. The third-order valence-corrected chi connectivity index (χ3v) is 5.27. The van der Waals surface area contributed by atoms with E-state index in [4.69, 9.17) is 4.99 Å². The summed E-state index contributed by atoms with van der Waals surface area (Å²) in [5.41, 5.74) is 1.23. The minimum absolute atomic E-state index is 0. The van der Waals surface area contributed by atoms with Gasteiger partial charge in [0.05, 0.1) is 6.54 Å². The molecule has 0 spiro atoms. The van der Waals surface area contributed by atoms with E-state index in [1.165, 1.54) is 16.3 Å². The van der Waals surface area contributed by atoms with Gasteiger partial charge < -0.3 is 15.5 Å². The Bertz CT molecular complexity index is 823. The zero-order chi connectivity index (χ0) is 19.9. The molecule has 2 N–H and O–H groups in total. The van der Waals surface area contributed by atoms with E-state index >= 15 is 0 Å². The zero-order valence-electron chi connectivity index (χ0n) is 17.6. The molecule has 29 heavy (non-hydrogen) atoms. The monoisotopic (exact) mass is 508 g/mol. The van der Waals surface area contributed by atoms with Crippen molar-refractivity contribution < 1.29 is 4.79 Å². The van der Waals surface area contributed by atoms with Crippen molar-refractivity contribution >= 4 is 46.6 Å². The van der Waals surface area contributed by atoms with E-state index in [1.807, 2.05) is 18.7 Å². The molecule has 0 atom stereocenters. The van der Waals surface area contributed by atoms with Crippen LogP contribution in [0.4, 0.5) is 0 Å². The molecule has 3 rings (SSSR count). The molecule has 158 valence electrons. The predicted octanol–water partition coefficient (Wildman–Crippen LogP) is 4.16. The minimum atomic E-state index is 0. The number of carbonyl (C=O) groups excluding carboxylic acids is 1. The fourth-order valence-electron chi connectivity index (χ4n) is 3.72. The molecule has 0 aliphatic carbocycles. The summed E-state index contributed by atoms with van der Waals surface area (Å²) in [4.78, 5) is 19.0. The summed E-state index contributed by atoms with van der Waals surface area (Å²) in [6.45, 7) is 9.12. The van der Waals surface area contributed by atoms with E-state index < -0.39 is 0 Å². The molecule has 1 aliphatic heterocycles. The molecule has 2 aromatic rings. The summed E-state index contributed by atoms with van der Waals surface area (Å²) in [5.74, 6) is 1.18. The van der Waals surface area contributed by atoms with Crippen molar-refractivity contribution in [1.29, 1.82) is 0 Å². The maximum absolute atomic E-state index is 12.2.